The molecule has 0 unspecified atom stereocenters. The Balaban J connectivity index is 1.51. The van der Waals surface area contributed by atoms with Crippen molar-refractivity contribution in [2.75, 3.05) is 31.1 Å². The quantitative estimate of drug-likeness (QED) is 0.501. The van der Waals surface area contributed by atoms with E-state index in [0.29, 0.717) is 0 Å². The van der Waals surface area contributed by atoms with Crippen LogP contribution in [0.15, 0.2) is 79.0 Å². The van der Waals surface area contributed by atoms with Crippen molar-refractivity contribution in [1.82, 2.24) is 9.88 Å². The standard InChI is InChI=1S/C22H22N4O2/c27-26(28)20-11-12-21(23-17-20)24-13-15-25(16-14-24)22(18-7-3-1-4-8-18)19-9-5-2-6-10-19/h1-12,17,22H,13-16H2. The van der Waals surface area contributed by atoms with Crippen LogP contribution in [0.3, 0.4) is 0 Å². The van der Waals surface area contributed by atoms with Crippen molar-refractivity contribution in [3.63, 3.8) is 0 Å². The summed E-state index contributed by atoms with van der Waals surface area (Å²) >= 11 is 0. The molecule has 2 heterocycles. The Bertz CT molecular complexity index is 869. The molecule has 1 aliphatic rings. The number of piperazine rings is 1. The minimum Gasteiger partial charge on any atom is -0.354 e. The smallest absolute Gasteiger partial charge is 0.287 e. The maximum Gasteiger partial charge on any atom is 0.287 e. The number of nitrogens with zero attached hydrogens (tertiary/aromatic N) is 4. The second kappa shape index (κ2) is 8.19. The van der Waals surface area contributed by atoms with Gasteiger partial charge in [0.15, 0.2) is 0 Å². The molecule has 0 aliphatic carbocycles. The fourth-order valence-electron chi connectivity index (χ4n) is 3.77. The van der Waals surface area contributed by atoms with Gasteiger partial charge in [-0.3, -0.25) is 15.0 Å². The molecule has 0 atom stereocenters. The van der Waals surface area contributed by atoms with Gasteiger partial charge in [0.1, 0.15) is 12.0 Å². The normalized spacial score (nSPS) is 15.0. The minimum absolute atomic E-state index is 0.0237. The van der Waals surface area contributed by atoms with Gasteiger partial charge in [-0.05, 0) is 17.2 Å². The van der Waals surface area contributed by atoms with Gasteiger partial charge in [-0.2, -0.15) is 0 Å². The highest BCUT2D eigenvalue weighted by Crippen LogP contribution is 2.30. The van der Waals surface area contributed by atoms with Crippen molar-refractivity contribution in [2.45, 2.75) is 6.04 Å². The van der Waals surface area contributed by atoms with Crippen LogP contribution in [0.5, 0.6) is 0 Å². The molecular weight excluding hydrogens is 352 g/mol. The highest BCUT2D eigenvalue weighted by Gasteiger charge is 2.26. The van der Waals surface area contributed by atoms with Gasteiger partial charge in [0, 0.05) is 32.2 Å². The molecule has 6 nitrogen and oxygen atoms in total. The van der Waals surface area contributed by atoms with Gasteiger partial charge in [-0.15, -0.1) is 0 Å². The summed E-state index contributed by atoms with van der Waals surface area (Å²) in [5, 5.41) is 10.8. The second-order valence-corrected chi connectivity index (χ2v) is 6.88. The number of anilines is 1. The third kappa shape index (κ3) is 3.87. The molecule has 6 heteroatoms. The second-order valence-electron chi connectivity index (χ2n) is 6.88. The number of nitro groups is 1. The summed E-state index contributed by atoms with van der Waals surface area (Å²) in [4.78, 5) is 19.4. The van der Waals surface area contributed by atoms with Gasteiger partial charge in [0.25, 0.3) is 5.69 Å². The van der Waals surface area contributed by atoms with Crippen molar-refractivity contribution >= 4 is 11.5 Å². The summed E-state index contributed by atoms with van der Waals surface area (Å²) < 4.78 is 0. The first kappa shape index (κ1) is 18.1. The molecule has 0 spiro atoms. The Morgan fingerprint density at radius 1 is 0.821 bits per heavy atom. The summed E-state index contributed by atoms with van der Waals surface area (Å²) in [6, 6.07) is 24.6. The lowest BCUT2D eigenvalue weighted by atomic mass is 9.96. The van der Waals surface area contributed by atoms with Gasteiger partial charge >= 0.3 is 0 Å². The molecule has 1 saturated heterocycles. The molecule has 0 N–H and O–H groups in total. The van der Waals surface area contributed by atoms with Crippen LogP contribution in [0.2, 0.25) is 0 Å². The third-order valence-corrected chi connectivity index (χ3v) is 5.18. The van der Waals surface area contributed by atoms with Crippen LogP contribution in [0.25, 0.3) is 0 Å². The van der Waals surface area contributed by atoms with Gasteiger partial charge in [0.2, 0.25) is 0 Å². The lowest BCUT2D eigenvalue weighted by Gasteiger charge is -2.40. The molecule has 28 heavy (non-hydrogen) atoms. The molecule has 0 amide bonds. The highest BCUT2D eigenvalue weighted by atomic mass is 16.6. The van der Waals surface area contributed by atoms with Crippen LogP contribution in [-0.2, 0) is 0 Å². The number of benzene rings is 2. The molecule has 2 aromatic carbocycles. The Morgan fingerprint density at radius 2 is 1.39 bits per heavy atom. The van der Waals surface area contributed by atoms with Gasteiger partial charge < -0.3 is 4.90 Å². The van der Waals surface area contributed by atoms with E-state index in [2.05, 4.69) is 63.3 Å². The summed E-state index contributed by atoms with van der Waals surface area (Å²) in [5.41, 5.74) is 2.60. The van der Waals surface area contributed by atoms with Gasteiger partial charge in [-0.25, -0.2) is 4.98 Å². The van der Waals surface area contributed by atoms with E-state index in [9.17, 15) is 10.1 Å². The predicted molar refractivity (Wildman–Crippen MR) is 109 cm³/mol. The van der Waals surface area contributed by atoms with E-state index >= 15 is 0 Å². The van der Waals surface area contributed by atoms with Crippen molar-refractivity contribution in [3.8, 4) is 0 Å². The third-order valence-electron chi connectivity index (χ3n) is 5.18. The zero-order valence-electron chi connectivity index (χ0n) is 15.5. The first-order valence-electron chi connectivity index (χ1n) is 9.42. The minimum atomic E-state index is -0.418. The van der Waals surface area contributed by atoms with Crippen molar-refractivity contribution < 1.29 is 4.92 Å². The molecular formula is C22H22N4O2. The van der Waals surface area contributed by atoms with Crippen molar-refractivity contribution in [3.05, 3.63) is 100 Å². The molecule has 0 bridgehead atoms. The number of rotatable bonds is 5. The number of hydrogen-bond acceptors (Lipinski definition) is 5. The molecule has 4 rings (SSSR count). The lowest BCUT2D eigenvalue weighted by Crippen LogP contribution is -2.48. The van der Waals surface area contributed by atoms with Crippen LogP contribution < -0.4 is 4.90 Å². The maximum absolute atomic E-state index is 10.8. The lowest BCUT2D eigenvalue weighted by molar-refractivity contribution is -0.385. The molecule has 142 valence electrons. The Morgan fingerprint density at radius 3 is 1.86 bits per heavy atom. The van der Waals surface area contributed by atoms with Crippen LogP contribution in [0.1, 0.15) is 17.2 Å². The largest absolute Gasteiger partial charge is 0.354 e. The van der Waals surface area contributed by atoms with E-state index in [0.717, 1.165) is 32.0 Å². The SMILES string of the molecule is O=[N+]([O-])c1ccc(N2CCN(C(c3ccccc3)c3ccccc3)CC2)nc1. The average Bonchev–Trinajstić information content (AvgIpc) is 2.76. The topological polar surface area (TPSA) is 62.5 Å². The van der Waals surface area contributed by atoms with Crippen molar-refractivity contribution in [1.29, 1.82) is 0 Å². The average molecular weight is 374 g/mol. The van der Waals surface area contributed by atoms with E-state index in [1.807, 2.05) is 12.1 Å². The Hall–Kier alpha value is -3.25. The zero-order valence-corrected chi connectivity index (χ0v) is 15.5. The summed E-state index contributed by atoms with van der Waals surface area (Å²) in [7, 11) is 0. The highest BCUT2D eigenvalue weighted by molar-refractivity contribution is 5.43. The van der Waals surface area contributed by atoms with E-state index < -0.39 is 4.92 Å². The molecule has 1 fully saturated rings. The maximum atomic E-state index is 10.8. The van der Waals surface area contributed by atoms with E-state index in [4.69, 9.17) is 0 Å². The van der Waals surface area contributed by atoms with Crippen LogP contribution in [-0.4, -0.2) is 41.0 Å². The van der Waals surface area contributed by atoms with Gasteiger partial charge in [0.05, 0.1) is 11.0 Å². The van der Waals surface area contributed by atoms with Crippen molar-refractivity contribution in [2.24, 2.45) is 0 Å². The van der Waals surface area contributed by atoms with E-state index in [-0.39, 0.29) is 11.7 Å². The number of aromatic nitrogens is 1. The molecule has 3 aromatic rings. The Labute approximate surface area is 164 Å². The molecule has 1 aliphatic heterocycles. The fraction of sp³-hybridized carbons (Fsp3) is 0.227. The van der Waals surface area contributed by atoms with Gasteiger partial charge in [-0.1, -0.05) is 60.7 Å². The van der Waals surface area contributed by atoms with Crippen LogP contribution in [0, 0.1) is 10.1 Å². The first-order valence-corrected chi connectivity index (χ1v) is 9.42. The molecule has 0 saturated carbocycles. The number of pyridine rings is 1. The summed E-state index contributed by atoms with van der Waals surface area (Å²) in [6.07, 6.45) is 1.33. The fourth-order valence-corrected chi connectivity index (χ4v) is 3.77. The van der Waals surface area contributed by atoms with Crippen LogP contribution in [0.4, 0.5) is 11.5 Å². The predicted octanol–water partition coefficient (Wildman–Crippen LogP) is 3.90. The van der Waals surface area contributed by atoms with Crippen LogP contribution >= 0.6 is 0 Å². The molecule has 1 aromatic heterocycles. The Kier molecular flexibility index (Phi) is 5.30. The summed E-state index contributed by atoms with van der Waals surface area (Å²) in [5.74, 6) is 0.793. The van der Waals surface area contributed by atoms with E-state index in [1.165, 1.54) is 23.4 Å². The monoisotopic (exact) mass is 374 g/mol. The summed E-state index contributed by atoms with van der Waals surface area (Å²) in [6.45, 7) is 3.46. The number of hydrogen-bond donors (Lipinski definition) is 0. The zero-order chi connectivity index (χ0) is 19.3. The first-order chi connectivity index (χ1) is 13.7. The van der Waals surface area contributed by atoms with E-state index in [1.54, 1.807) is 6.07 Å². The molecule has 0 radical (unpaired) electrons.